The molecule has 12 nitrogen and oxygen atoms in total. The number of anilines is 1. The average molecular weight is 742 g/mol. The normalized spacial score (nSPS) is 26.5. The quantitative estimate of drug-likeness (QED) is 0.368. The molecule has 1 N–H and O–H groups in total. The van der Waals surface area contributed by atoms with Gasteiger partial charge in [-0.2, -0.15) is 0 Å². The van der Waals surface area contributed by atoms with Crippen molar-refractivity contribution >= 4 is 45.2 Å². The Bertz CT molecular complexity index is 1750. The van der Waals surface area contributed by atoms with E-state index in [1.807, 2.05) is 18.2 Å². The molecule has 4 aliphatic rings. The number of fused-ring (bicyclic) bond motifs is 3. The molecular weight excluding hydrogens is 694 g/mol. The van der Waals surface area contributed by atoms with E-state index in [0.717, 1.165) is 44.3 Å². The van der Waals surface area contributed by atoms with E-state index in [0.29, 0.717) is 48.6 Å². The number of aryl methyl sites for hydroxylation is 1. The van der Waals surface area contributed by atoms with Crippen LogP contribution in [-0.2, 0) is 32.4 Å². The monoisotopic (exact) mass is 741 g/mol. The number of rotatable bonds is 2. The first-order valence-electron chi connectivity index (χ1n) is 17.8. The smallest absolute Gasteiger partial charge is 0.409 e. The van der Waals surface area contributed by atoms with Crippen molar-refractivity contribution in [2.75, 3.05) is 64.2 Å². The van der Waals surface area contributed by atoms with Crippen LogP contribution in [0.1, 0.15) is 60.0 Å². The molecule has 1 unspecified atom stereocenters. The third-order valence-electron chi connectivity index (χ3n) is 10.4. The largest absolute Gasteiger partial charge is 0.491 e. The van der Waals surface area contributed by atoms with E-state index < -0.39 is 27.9 Å². The fraction of sp³-hybridized carbons (Fsp3) is 0.541. The molecule has 1 aliphatic carbocycles. The molecule has 51 heavy (non-hydrogen) atoms. The highest BCUT2D eigenvalue weighted by Gasteiger charge is 2.38. The van der Waals surface area contributed by atoms with Gasteiger partial charge in [0.15, 0.2) is 0 Å². The summed E-state index contributed by atoms with van der Waals surface area (Å²) in [5, 5.41) is 0.704. The number of urea groups is 1. The van der Waals surface area contributed by atoms with Gasteiger partial charge in [-0.25, -0.2) is 13.8 Å². The Hall–Kier alpha value is -3.81. The van der Waals surface area contributed by atoms with Gasteiger partial charge in [0, 0.05) is 57.0 Å². The minimum absolute atomic E-state index is 0.0137. The lowest BCUT2D eigenvalue weighted by atomic mass is 9.70. The number of hydrogen-bond acceptors (Lipinski definition) is 8. The summed E-state index contributed by atoms with van der Waals surface area (Å²) in [7, 11) is -0.477. The highest BCUT2D eigenvalue weighted by atomic mass is 35.5. The Morgan fingerprint density at radius 3 is 2.55 bits per heavy atom. The summed E-state index contributed by atoms with van der Waals surface area (Å²) in [6, 6.07) is 10.7. The molecule has 4 amide bonds. The summed E-state index contributed by atoms with van der Waals surface area (Å²) in [5.74, 6) is 0.649. The van der Waals surface area contributed by atoms with Gasteiger partial charge in [0.25, 0.3) is 5.91 Å². The predicted molar refractivity (Wildman–Crippen MR) is 197 cm³/mol. The van der Waals surface area contributed by atoms with Crippen LogP contribution >= 0.6 is 11.6 Å². The molecule has 2 fully saturated rings. The van der Waals surface area contributed by atoms with Crippen molar-refractivity contribution in [1.82, 2.24) is 14.5 Å². The molecule has 2 aromatic rings. The van der Waals surface area contributed by atoms with Crippen molar-refractivity contribution in [3.63, 3.8) is 0 Å². The summed E-state index contributed by atoms with van der Waals surface area (Å²) in [5.41, 5.74) is 3.39. The summed E-state index contributed by atoms with van der Waals surface area (Å²) in [6.45, 7) is 2.83. The number of allylic oxidation sites excluding steroid dienone is 1. The van der Waals surface area contributed by atoms with Crippen LogP contribution < -0.4 is 14.4 Å². The second-order valence-corrected chi connectivity index (χ2v) is 16.2. The first kappa shape index (κ1) is 37.0. The molecule has 0 spiro atoms. The van der Waals surface area contributed by atoms with E-state index >= 15 is 0 Å². The number of halogens is 1. The van der Waals surface area contributed by atoms with Crippen molar-refractivity contribution in [1.29, 1.82) is 0 Å². The molecular formula is C37H48ClN5O7S. The Morgan fingerprint density at radius 2 is 1.80 bits per heavy atom. The molecule has 4 atom stereocenters. The second kappa shape index (κ2) is 16.7. The molecule has 2 aromatic carbocycles. The van der Waals surface area contributed by atoms with Gasteiger partial charge in [0.2, 0.25) is 0 Å². The Labute approximate surface area is 305 Å². The van der Waals surface area contributed by atoms with Crippen molar-refractivity contribution in [3.8, 4) is 5.75 Å². The number of methoxy groups -OCH3 is 2. The third-order valence-corrected chi connectivity index (χ3v) is 12.4. The van der Waals surface area contributed by atoms with Crippen LogP contribution in [0.5, 0.6) is 5.75 Å². The summed E-state index contributed by atoms with van der Waals surface area (Å²) in [4.78, 5) is 44.5. The number of hydrogen-bond donors (Lipinski definition) is 1. The van der Waals surface area contributed by atoms with Gasteiger partial charge in [-0.15, -0.1) is 4.36 Å². The van der Waals surface area contributed by atoms with Crippen molar-refractivity contribution in [3.05, 3.63) is 70.3 Å². The zero-order chi connectivity index (χ0) is 36.0. The zero-order valence-corrected chi connectivity index (χ0v) is 31.0. The lowest BCUT2D eigenvalue weighted by molar-refractivity contribution is 0.0134. The van der Waals surface area contributed by atoms with Crippen LogP contribution in [0.2, 0.25) is 5.02 Å². The predicted octanol–water partition coefficient (Wildman–Crippen LogP) is 6.07. The van der Waals surface area contributed by atoms with Crippen molar-refractivity contribution < 1.29 is 32.8 Å². The van der Waals surface area contributed by atoms with Gasteiger partial charge in [0.1, 0.15) is 15.7 Å². The molecule has 0 aromatic heterocycles. The second-order valence-electron chi connectivity index (χ2n) is 13.6. The van der Waals surface area contributed by atoms with E-state index in [1.54, 1.807) is 25.3 Å². The Morgan fingerprint density at radius 1 is 1.00 bits per heavy atom. The topological polar surface area (TPSA) is 130 Å². The zero-order valence-electron chi connectivity index (χ0n) is 29.4. The number of carbonyl (C=O) groups is 3. The van der Waals surface area contributed by atoms with Crippen LogP contribution in [0.25, 0.3) is 0 Å². The van der Waals surface area contributed by atoms with E-state index in [4.69, 9.17) is 25.8 Å². The van der Waals surface area contributed by atoms with E-state index in [-0.39, 0.29) is 43.6 Å². The summed E-state index contributed by atoms with van der Waals surface area (Å²) < 4.78 is 38.4. The first-order valence-corrected chi connectivity index (χ1v) is 19.9. The van der Waals surface area contributed by atoms with Crippen molar-refractivity contribution in [2.45, 2.75) is 57.6 Å². The minimum atomic E-state index is -3.53. The lowest BCUT2D eigenvalue weighted by Crippen LogP contribution is -2.54. The fourth-order valence-corrected chi connectivity index (χ4v) is 9.11. The molecule has 6 rings (SSSR count). The van der Waals surface area contributed by atoms with Gasteiger partial charge in [-0.3, -0.25) is 9.52 Å². The highest BCUT2D eigenvalue weighted by molar-refractivity contribution is 7.92. The lowest BCUT2D eigenvalue weighted by Gasteiger charge is -2.43. The van der Waals surface area contributed by atoms with E-state index in [2.05, 4.69) is 26.1 Å². The number of ether oxygens (including phenoxy) is 3. The van der Waals surface area contributed by atoms with Gasteiger partial charge >= 0.3 is 12.1 Å². The SMILES string of the molecule is COC(=O)N1CCN(C(=O)NS2(=O)=NC(=O)c3ccc4c(c3)N(Cc3ccc(Cl)cc3CCCCO4)C[C@@H]3CC[C@H]3[C@@H](OC)/C=C/CCC2)CC1. The fourth-order valence-electron chi connectivity index (χ4n) is 7.34. The molecule has 1 saturated heterocycles. The minimum Gasteiger partial charge on any atom is -0.491 e. The molecule has 3 aliphatic heterocycles. The molecule has 2 bridgehead atoms. The molecule has 3 heterocycles. The highest BCUT2D eigenvalue weighted by Crippen LogP contribution is 2.42. The molecule has 1 saturated carbocycles. The number of nitrogens with one attached hydrogen (secondary N) is 1. The number of piperazine rings is 1. The molecule has 276 valence electrons. The Balaban J connectivity index is 1.36. The molecule has 14 heteroatoms. The Kier molecular flexibility index (Phi) is 12.1. The van der Waals surface area contributed by atoms with Crippen LogP contribution in [0.3, 0.4) is 0 Å². The number of amides is 4. The van der Waals surface area contributed by atoms with E-state index in [9.17, 15) is 18.6 Å². The summed E-state index contributed by atoms with van der Waals surface area (Å²) >= 11 is 6.45. The summed E-state index contributed by atoms with van der Waals surface area (Å²) in [6.07, 6.45) is 9.38. The van der Waals surface area contributed by atoms with Crippen LogP contribution in [0.4, 0.5) is 15.3 Å². The maximum absolute atomic E-state index is 14.4. The average Bonchev–Trinajstić information content (AvgIpc) is 3.14. The number of nitrogens with zero attached hydrogens (tertiary/aromatic N) is 4. The maximum Gasteiger partial charge on any atom is 0.409 e. The molecule has 0 radical (unpaired) electrons. The van der Waals surface area contributed by atoms with Crippen molar-refractivity contribution in [2.24, 2.45) is 16.2 Å². The first-order chi connectivity index (χ1) is 24.7. The third kappa shape index (κ3) is 8.99. The van der Waals surface area contributed by atoms with Gasteiger partial charge in [0.05, 0.1) is 31.3 Å². The van der Waals surface area contributed by atoms with Crippen LogP contribution in [0.15, 0.2) is 52.9 Å². The van der Waals surface area contributed by atoms with Crippen LogP contribution in [0, 0.1) is 11.8 Å². The van der Waals surface area contributed by atoms with E-state index in [1.165, 1.54) is 28.0 Å². The van der Waals surface area contributed by atoms with Crippen LogP contribution in [-0.4, -0.2) is 97.4 Å². The maximum atomic E-state index is 14.4. The van der Waals surface area contributed by atoms with Gasteiger partial charge < -0.3 is 28.9 Å². The standard InChI is InChI=1S/C37H48ClN5O7S/c1-48-33-9-4-3-7-21-51(47,40-36(45)41-16-18-42(19-17-41)37(46)49-2)39-35(44)27-12-15-34-32(23-27)43(25-29-11-14-31(29)33)24-28-10-13-30(38)22-26(28)8-5-6-20-50-34/h4,9-10,12-13,15,22-23,29,31,33H,3,5-8,11,14,16-21,24-25H2,1-2H3,(H,39,40,44,45,47)/b9-4+/t29-,31+,33-,51?/m0/s1. The van der Waals surface area contributed by atoms with Gasteiger partial charge in [-0.1, -0.05) is 29.8 Å². The number of benzene rings is 2. The number of carbonyl (C=O) groups excluding carboxylic acids is 3. The van der Waals surface area contributed by atoms with Gasteiger partial charge in [-0.05, 0) is 98.2 Å².